The van der Waals surface area contributed by atoms with Crippen molar-refractivity contribution >= 4 is 29.2 Å². The number of nitrogens with one attached hydrogen (secondary N) is 2. The Morgan fingerprint density at radius 2 is 1.50 bits per heavy atom. The van der Waals surface area contributed by atoms with E-state index in [0.717, 1.165) is 35.5 Å². The largest absolute Gasteiger partial charge is 0.493 e. The van der Waals surface area contributed by atoms with Gasteiger partial charge in [-0.3, -0.25) is 10.2 Å². The van der Waals surface area contributed by atoms with Gasteiger partial charge >= 0.3 is 6.03 Å². The van der Waals surface area contributed by atoms with Gasteiger partial charge in [-0.2, -0.15) is 0 Å². The average molecular weight is 610 g/mol. The second-order valence-electron chi connectivity index (χ2n) is 12.6. The van der Waals surface area contributed by atoms with E-state index in [1.54, 1.807) is 0 Å². The maximum atomic E-state index is 14.8. The van der Waals surface area contributed by atoms with Crippen LogP contribution in [0, 0.1) is 0 Å². The number of hydrogen-bond donors (Lipinski definition) is 2. The van der Waals surface area contributed by atoms with Gasteiger partial charge < -0.3 is 15.0 Å². The normalized spacial score (nSPS) is 24.6. The molecule has 0 aromatic heterocycles. The molecule has 0 aliphatic carbocycles. The molecule has 2 heterocycles. The number of urea groups is 1. The van der Waals surface area contributed by atoms with Crippen LogP contribution in [-0.2, 0) is 16.5 Å². The van der Waals surface area contributed by atoms with Crippen LogP contribution >= 0.6 is 23.2 Å². The summed E-state index contributed by atoms with van der Waals surface area (Å²) < 4.78 is 6.30. The van der Waals surface area contributed by atoms with E-state index in [4.69, 9.17) is 27.9 Å². The van der Waals surface area contributed by atoms with Gasteiger partial charge in [0.2, 0.25) is 0 Å². The predicted molar refractivity (Wildman–Crippen MR) is 171 cm³/mol. The molecule has 42 heavy (non-hydrogen) atoms. The SMILES string of the molecule is CCOc1cc(C(C)(C)C)ccc1C1N[C@@](C)(c2ccc(Cl)cc2)[C@@](C)(c2ccc(Cl)cc2)N1C(=O)N1CCNCC1. The molecule has 1 unspecified atom stereocenters. The minimum Gasteiger partial charge on any atom is -0.493 e. The van der Waals surface area contributed by atoms with Crippen LogP contribution < -0.4 is 15.4 Å². The first kappa shape index (κ1) is 30.7. The Bertz CT molecular complexity index is 1420. The lowest BCUT2D eigenvalue weighted by Gasteiger charge is -2.47. The fourth-order valence-electron chi connectivity index (χ4n) is 6.36. The molecule has 0 bridgehead atoms. The maximum Gasteiger partial charge on any atom is 0.322 e. The van der Waals surface area contributed by atoms with Gasteiger partial charge in [-0.1, -0.05) is 80.4 Å². The molecule has 0 radical (unpaired) electrons. The average Bonchev–Trinajstić information content (AvgIpc) is 3.21. The van der Waals surface area contributed by atoms with Gasteiger partial charge in [-0.15, -0.1) is 0 Å². The summed E-state index contributed by atoms with van der Waals surface area (Å²) in [7, 11) is 0. The molecule has 2 amide bonds. The summed E-state index contributed by atoms with van der Waals surface area (Å²) in [5.74, 6) is 0.777. The highest BCUT2D eigenvalue weighted by molar-refractivity contribution is 6.30. The molecular weight excluding hydrogens is 567 g/mol. The Kier molecular flexibility index (Phi) is 8.56. The van der Waals surface area contributed by atoms with Crippen molar-refractivity contribution in [2.24, 2.45) is 0 Å². The zero-order valence-electron chi connectivity index (χ0n) is 25.4. The van der Waals surface area contributed by atoms with Crippen LogP contribution in [0.4, 0.5) is 4.79 Å². The van der Waals surface area contributed by atoms with Crippen molar-refractivity contribution < 1.29 is 9.53 Å². The van der Waals surface area contributed by atoms with Crippen LogP contribution in [-0.4, -0.2) is 48.6 Å². The Morgan fingerprint density at radius 3 is 2.05 bits per heavy atom. The number of rotatable bonds is 5. The maximum absolute atomic E-state index is 14.8. The van der Waals surface area contributed by atoms with Gasteiger partial charge in [-0.25, -0.2) is 4.79 Å². The molecule has 2 fully saturated rings. The van der Waals surface area contributed by atoms with Gasteiger partial charge in [0.1, 0.15) is 11.9 Å². The number of carbonyl (C=O) groups is 1. The van der Waals surface area contributed by atoms with Crippen LogP contribution in [0.5, 0.6) is 5.75 Å². The highest BCUT2D eigenvalue weighted by atomic mass is 35.5. The molecule has 3 aromatic carbocycles. The van der Waals surface area contributed by atoms with E-state index in [9.17, 15) is 4.79 Å². The Hall–Kier alpha value is -2.77. The number of carbonyl (C=O) groups excluding carboxylic acids is 1. The highest BCUT2D eigenvalue weighted by Gasteiger charge is 2.62. The third-order valence-electron chi connectivity index (χ3n) is 9.03. The number of ether oxygens (including phenoxy) is 1. The quantitative estimate of drug-likeness (QED) is 0.316. The molecule has 5 rings (SSSR count). The summed E-state index contributed by atoms with van der Waals surface area (Å²) in [6.07, 6.45) is -0.482. The number of nitrogens with zero attached hydrogens (tertiary/aromatic N) is 2. The molecule has 8 heteroatoms. The summed E-state index contributed by atoms with van der Waals surface area (Å²) in [6.45, 7) is 16.2. The van der Waals surface area contributed by atoms with Gasteiger partial charge in [-0.05, 0) is 73.2 Å². The van der Waals surface area contributed by atoms with E-state index in [-0.39, 0.29) is 11.4 Å². The molecule has 3 atom stereocenters. The summed E-state index contributed by atoms with van der Waals surface area (Å²) >= 11 is 12.7. The zero-order chi connectivity index (χ0) is 30.3. The Balaban J connectivity index is 1.77. The highest BCUT2D eigenvalue weighted by Crippen LogP contribution is 2.55. The lowest BCUT2D eigenvalue weighted by atomic mass is 9.71. The summed E-state index contributed by atoms with van der Waals surface area (Å²) in [5, 5.41) is 8.65. The molecule has 3 aromatic rings. The van der Waals surface area contributed by atoms with Crippen molar-refractivity contribution in [2.45, 2.75) is 64.2 Å². The molecule has 2 aliphatic rings. The van der Waals surface area contributed by atoms with Crippen molar-refractivity contribution in [2.75, 3.05) is 32.8 Å². The van der Waals surface area contributed by atoms with Crippen molar-refractivity contribution in [3.63, 3.8) is 0 Å². The van der Waals surface area contributed by atoms with Crippen molar-refractivity contribution in [3.8, 4) is 5.75 Å². The van der Waals surface area contributed by atoms with E-state index in [0.29, 0.717) is 29.7 Å². The minimum absolute atomic E-state index is 0.0218. The molecular formula is C34H42Cl2N4O2. The summed E-state index contributed by atoms with van der Waals surface area (Å²) in [4.78, 5) is 18.8. The second kappa shape index (κ2) is 11.7. The first-order chi connectivity index (χ1) is 19.9. The number of benzene rings is 3. The second-order valence-corrected chi connectivity index (χ2v) is 13.5. The van der Waals surface area contributed by atoms with Crippen LogP contribution in [0.25, 0.3) is 0 Å². The molecule has 0 spiro atoms. The fourth-order valence-corrected chi connectivity index (χ4v) is 6.61. The minimum atomic E-state index is -0.829. The number of piperazine rings is 1. The summed E-state index contributed by atoms with van der Waals surface area (Å²) in [5.41, 5.74) is 2.50. The van der Waals surface area contributed by atoms with E-state index in [1.165, 1.54) is 5.56 Å². The van der Waals surface area contributed by atoms with Crippen molar-refractivity contribution in [1.82, 2.24) is 20.4 Å². The molecule has 2 N–H and O–H groups in total. The smallest absolute Gasteiger partial charge is 0.322 e. The number of hydrogen-bond acceptors (Lipinski definition) is 4. The zero-order valence-corrected chi connectivity index (χ0v) is 26.9. The van der Waals surface area contributed by atoms with Gasteiger partial charge in [0.15, 0.2) is 0 Å². The fraction of sp³-hybridized carbons (Fsp3) is 0.441. The molecule has 0 saturated carbocycles. The van der Waals surface area contributed by atoms with E-state index in [2.05, 4.69) is 63.5 Å². The molecule has 6 nitrogen and oxygen atoms in total. The topological polar surface area (TPSA) is 56.8 Å². The van der Waals surface area contributed by atoms with Gasteiger partial charge in [0, 0.05) is 41.8 Å². The van der Waals surface area contributed by atoms with Gasteiger partial charge in [0.25, 0.3) is 0 Å². The lowest BCUT2D eigenvalue weighted by Crippen LogP contribution is -2.58. The summed E-state index contributed by atoms with van der Waals surface area (Å²) in [6, 6.07) is 22.2. The van der Waals surface area contributed by atoms with Gasteiger partial charge in [0.05, 0.1) is 17.7 Å². The third kappa shape index (κ3) is 5.39. The van der Waals surface area contributed by atoms with Crippen molar-refractivity contribution in [1.29, 1.82) is 0 Å². The van der Waals surface area contributed by atoms with E-state index in [1.807, 2.05) is 65.3 Å². The van der Waals surface area contributed by atoms with E-state index >= 15 is 0 Å². The third-order valence-corrected chi connectivity index (χ3v) is 9.54. The molecule has 2 aliphatic heterocycles. The van der Waals surface area contributed by atoms with E-state index < -0.39 is 17.2 Å². The number of halogens is 2. The monoisotopic (exact) mass is 608 g/mol. The van der Waals surface area contributed by atoms with Crippen LogP contribution in [0.15, 0.2) is 66.7 Å². The van der Waals surface area contributed by atoms with Crippen molar-refractivity contribution in [3.05, 3.63) is 99.0 Å². The Morgan fingerprint density at radius 1 is 0.929 bits per heavy atom. The Labute approximate surface area is 260 Å². The van der Waals surface area contributed by atoms with Crippen LogP contribution in [0.1, 0.15) is 70.0 Å². The van der Waals surface area contributed by atoms with Crippen LogP contribution in [0.2, 0.25) is 10.0 Å². The first-order valence-corrected chi connectivity index (χ1v) is 15.5. The lowest BCUT2D eigenvalue weighted by molar-refractivity contribution is 0.0724. The first-order valence-electron chi connectivity index (χ1n) is 14.8. The number of amides is 2. The standard InChI is InChI=1S/C34H42Cl2N4O2/c1-7-42-29-22-25(32(2,3)4)12-17-28(29)30-38-33(5,23-8-13-26(35)14-9-23)34(6,24-10-15-27(36)16-11-24)40(30)31(41)39-20-18-37-19-21-39/h8-17,22,30,37-38H,7,18-21H2,1-6H3/t30?,33-,34+/m0/s1. The molecule has 224 valence electrons. The predicted octanol–water partition coefficient (Wildman–Crippen LogP) is 7.45. The van der Waals surface area contributed by atoms with Crippen LogP contribution in [0.3, 0.4) is 0 Å². The molecule has 2 saturated heterocycles.